The minimum atomic E-state index is -3.73. The van der Waals surface area contributed by atoms with Gasteiger partial charge in [0.2, 0.25) is 0 Å². The third-order valence-corrected chi connectivity index (χ3v) is 4.96. The molecule has 0 fully saturated rings. The Morgan fingerprint density at radius 1 is 0.900 bits per heavy atom. The summed E-state index contributed by atoms with van der Waals surface area (Å²) in [6, 6.07) is 6.72. The smallest absolute Gasteiger partial charge is 0.261 e. The second-order valence-corrected chi connectivity index (χ2v) is 6.71. The van der Waals surface area contributed by atoms with E-state index in [1.165, 1.54) is 0 Å². The lowest BCUT2D eigenvalue weighted by Gasteiger charge is -2.20. The maximum Gasteiger partial charge on any atom is 0.297 e. The Hall–Kier alpha value is -1.65. The van der Waals surface area contributed by atoms with E-state index in [1.807, 2.05) is 43.4 Å². The maximum absolute atomic E-state index is 12.3. The van der Waals surface area contributed by atoms with Gasteiger partial charge in [-0.15, -0.1) is 0 Å². The predicted molar refractivity (Wildman–Crippen MR) is 77.6 cm³/mol. The molecule has 4 heteroatoms. The zero-order valence-corrected chi connectivity index (χ0v) is 12.0. The highest BCUT2D eigenvalue weighted by atomic mass is 32.2. The van der Waals surface area contributed by atoms with E-state index < -0.39 is 10.1 Å². The largest absolute Gasteiger partial charge is 0.297 e. The topological polar surface area (TPSA) is 43.4 Å². The van der Waals surface area contributed by atoms with Crippen LogP contribution in [0, 0.1) is 18.8 Å². The highest BCUT2D eigenvalue weighted by Crippen LogP contribution is 2.33. The summed E-state index contributed by atoms with van der Waals surface area (Å²) < 4.78 is 30.2. The molecule has 20 heavy (non-hydrogen) atoms. The molecule has 0 radical (unpaired) electrons. The fraction of sp³-hybridized carbons (Fsp3) is 0.250. The van der Waals surface area contributed by atoms with Gasteiger partial charge in [-0.3, -0.25) is 4.18 Å². The standard InChI is InChI=1S/C16H16O3S/c1-12-6-10-15(11-7-12)20(17,18)19-16-13-4-2-3-5-14(16)9-8-13/h2-11,13-14,16H,1H3/t13-,14-/m1/s1. The SMILES string of the molecule is Cc1ccc(S(=O)(=O)OC2[C@@H]3C=CC=C[C@@H]2C=C3)cc1. The summed E-state index contributed by atoms with van der Waals surface area (Å²) in [6.45, 7) is 1.92. The second-order valence-electron chi connectivity index (χ2n) is 5.14. The molecule has 0 aliphatic heterocycles. The van der Waals surface area contributed by atoms with Crippen LogP contribution in [0.1, 0.15) is 5.56 Å². The van der Waals surface area contributed by atoms with Crippen molar-refractivity contribution in [3.63, 3.8) is 0 Å². The molecule has 0 heterocycles. The van der Waals surface area contributed by atoms with Crippen molar-refractivity contribution in [1.29, 1.82) is 0 Å². The van der Waals surface area contributed by atoms with Gasteiger partial charge in [0.15, 0.2) is 0 Å². The van der Waals surface area contributed by atoms with Crippen LogP contribution < -0.4 is 0 Å². The van der Waals surface area contributed by atoms with E-state index in [4.69, 9.17) is 4.18 Å². The lowest BCUT2D eigenvalue weighted by molar-refractivity contribution is 0.170. The molecule has 3 rings (SSSR count). The lowest BCUT2D eigenvalue weighted by atomic mass is 10.0. The van der Waals surface area contributed by atoms with Gasteiger partial charge in [-0.25, -0.2) is 0 Å². The van der Waals surface area contributed by atoms with Crippen molar-refractivity contribution in [2.75, 3.05) is 0 Å². The first-order valence-electron chi connectivity index (χ1n) is 6.59. The minimum absolute atomic E-state index is 0.00947. The molecule has 3 nitrogen and oxygen atoms in total. The van der Waals surface area contributed by atoms with Gasteiger partial charge in [0.05, 0.1) is 11.0 Å². The van der Waals surface area contributed by atoms with Crippen LogP contribution in [0.5, 0.6) is 0 Å². The molecule has 0 aromatic heterocycles. The Bertz CT molecular complexity index is 659. The third kappa shape index (κ3) is 2.49. The molecule has 1 aromatic rings. The van der Waals surface area contributed by atoms with Crippen molar-refractivity contribution in [2.24, 2.45) is 11.8 Å². The van der Waals surface area contributed by atoms with E-state index in [9.17, 15) is 8.42 Å². The van der Waals surface area contributed by atoms with Crippen molar-refractivity contribution in [3.8, 4) is 0 Å². The molecule has 0 unspecified atom stereocenters. The first-order valence-corrected chi connectivity index (χ1v) is 8.00. The Morgan fingerprint density at radius 3 is 2.00 bits per heavy atom. The van der Waals surface area contributed by atoms with Crippen molar-refractivity contribution >= 4 is 10.1 Å². The normalized spacial score (nSPS) is 27.8. The van der Waals surface area contributed by atoms with Crippen LogP contribution in [0.3, 0.4) is 0 Å². The van der Waals surface area contributed by atoms with Gasteiger partial charge >= 0.3 is 0 Å². The number of rotatable bonds is 3. The molecule has 0 amide bonds. The molecule has 0 N–H and O–H groups in total. The zero-order chi connectivity index (χ0) is 14.2. The summed E-state index contributed by atoms with van der Waals surface area (Å²) in [5.41, 5.74) is 1.02. The Balaban J connectivity index is 1.86. The van der Waals surface area contributed by atoms with Gasteiger partial charge in [0, 0.05) is 11.8 Å². The number of benzene rings is 1. The van der Waals surface area contributed by atoms with Gasteiger partial charge < -0.3 is 0 Å². The molecule has 2 atom stereocenters. The molecular formula is C16H16O3S. The number of fused-ring (bicyclic) bond motifs is 2. The number of hydrogen-bond acceptors (Lipinski definition) is 3. The van der Waals surface area contributed by atoms with Gasteiger partial charge in [0.1, 0.15) is 0 Å². The van der Waals surface area contributed by atoms with Crippen LogP contribution in [0.15, 0.2) is 65.6 Å². The second kappa shape index (κ2) is 5.04. The fourth-order valence-corrected chi connectivity index (χ4v) is 3.63. The average molecular weight is 288 g/mol. The predicted octanol–water partition coefficient (Wildman–Crippen LogP) is 3.00. The van der Waals surface area contributed by atoms with Crippen LogP contribution >= 0.6 is 0 Å². The van der Waals surface area contributed by atoms with Crippen LogP contribution in [0.2, 0.25) is 0 Å². The maximum atomic E-state index is 12.3. The number of aryl methyl sites for hydroxylation is 1. The van der Waals surface area contributed by atoms with Crippen LogP contribution in [-0.2, 0) is 14.3 Å². The quantitative estimate of drug-likeness (QED) is 0.634. The number of allylic oxidation sites excluding steroid dienone is 2. The molecular weight excluding hydrogens is 272 g/mol. The van der Waals surface area contributed by atoms with E-state index in [0.717, 1.165) is 5.56 Å². The van der Waals surface area contributed by atoms with E-state index in [-0.39, 0.29) is 22.8 Å². The van der Waals surface area contributed by atoms with E-state index >= 15 is 0 Å². The Labute approximate surface area is 119 Å². The van der Waals surface area contributed by atoms with Gasteiger partial charge in [-0.05, 0) is 19.1 Å². The van der Waals surface area contributed by atoms with E-state index in [2.05, 4.69) is 0 Å². The highest BCUT2D eigenvalue weighted by molar-refractivity contribution is 7.86. The summed E-state index contributed by atoms with van der Waals surface area (Å²) in [5, 5.41) is 0. The summed E-state index contributed by atoms with van der Waals surface area (Å²) in [6.07, 6.45) is 11.4. The molecule has 2 aliphatic carbocycles. The van der Waals surface area contributed by atoms with Crippen molar-refractivity contribution in [1.82, 2.24) is 0 Å². The van der Waals surface area contributed by atoms with Gasteiger partial charge in [0.25, 0.3) is 10.1 Å². The van der Waals surface area contributed by atoms with Crippen LogP contribution in [-0.4, -0.2) is 14.5 Å². The molecule has 0 saturated heterocycles. The van der Waals surface area contributed by atoms with Crippen molar-refractivity contribution in [2.45, 2.75) is 17.9 Å². The van der Waals surface area contributed by atoms with Crippen molar-refractivity contribution < 1.29 is 12.6 Å². The summed E-state index contributed by atoms with van der Waals surface area (Å²) in [5.74, 6) is 0.0189. The average Bonchev–Trinajstić information content (AvgIpc) is 2.62. The number of hydrogen-bond donors (Lipinski definition) is 0. The van der Waals surface area contributed by atoms with E-state index in [1.54, 1.807) is 24.3 Å². The van der Waals surface area contributed by atoms with E-state index in [0.29, 0.717) is 0 Å². The summed E-state index contributed by atoms with van der Waals surface area (Å²) in [7, 11) is -3.73. The first-order chi connectivity index (χ1) is 9.56. The van der Waals surface area contributed by atoms with Crippen LogP contribution in [0.4, 0.5) is 0 Å². The molecule has 0 saturated carbocycles. The molecule has 1 aromatic carbocycles. The Kier molecular flexibility index (Phi) is 3.36. The summed E-state index contributed by atoms with van der Waals surface area (Å²) >= 11 is 0. The zero-order valence-electron chi connectivity index (χ0n) is 11.1. The van der Waals surface area contributed by atoms with Crippen molar-refractivity contribution in [3.05, 3.63) is 66.3 Å². The highest BCUT2D eigenvalue weighted by Gasteiger charge is 2.34. The van der Waals surface area contributed by atoms with Gasteiger partial charge in [-0.2, -0.15) is 8.42 Å². The van der Waals surface area contributed by atoms with Gasteiger partial charge in [-0.1, -0.05) is 54.2 Å². The lowest BCUT2D eigenvalue weighted by Crippen LogP contribution is -2.27. The monoisotopic (exact) mass is 288 g/mol. The molecule has 2 bridgehead atoms. The molecule has 0 spiro atoms. The summed E-state index contributed by atoms with van der Waals surface area (Å²) in [4.78, 5) is 0.208. The molecule has 104 valence electrons. The van der Waals surface area contributed by atoms with Crippen LogP contribution in [0.25, 0.3) is 0 Å². The first kappa shape index (κ1) is 13.3. The molecule has 2 aliphatic rings. The fourth-order valence-electron chi connectivity index (χ4n) is 2.50. The third-order valence-electron chi connectivity index (χ3n) is 3.64. The Morgan fingerprint density at radius 2 is 1.45 bits per heavy atom. The minimum Gasteiger partial charge on any atom is -0.261 e.